The van der Waals surface area contributed by atoms with Crippen molar-refractivity contribution in [2.75, 3.05) is 0 Å². The van der Waals surface area contributed by atoms with Crippen molar-refractivity contribution in [2.45, 2.75) is 47.9 Å². The maximum absolute atomic E-state index is 11.4. The van der Waals surface area contributed by atoms with Gasteiger partial charge in [0.1, 0.15) is 5.25 Å². The summed E-state index contributed by atoms with van der Waals surface area (Å²) in [7, 11) is 0. The zero-order valence-electron chi connectivity index (χ0n) is 10.2. The van der Waals surface area contributed by atoms with E-state index in [4.69, 9.17) is 0 Å². The van der Waals surface area contributed by atoms with Gasteiger partial charge in [0.15, 0.2) is 0 Å². The average molecular weight is 266 g/mol. The molecule has 0 saturated heterocycles. The fourth-order valence-corrected chi connectivity index (χ4v) is 3.59. The molecule has 0 bridgehead atoms. The lowest BCUT2D eigenvalue weighted by Gasteiger charge is -2.36. The third-order valence-corrected chi connectivity index (χ3v) is 4.85. The summed E-state index contributed by atoms with van der Waals surface area (Å²) in [5.74, 6) is -0.923. The van der Waals surface area contributed by atoms with Gasteiger partial charge in [-0.2, -0.15) is 0 Å². The lowest BCUT2D eigenvalue weighted by atomic mass is 9.82. The van der Waals surface area contributed by atoms with Crippen LogP contribution in [0.15, 0.2) is 35.2 Å². The van der Waals surface area contributed by atoms with Crippen LogP contribution < -0.4 is 0 Å². The van der Waals surface area contributed by atoms with Crippen LogP contribution in [0.1, 0.15) is 32.1 Å². The Labute approximate surface area is 111 Å². The Morgan fingerprint density at radius 3 is 2.33 bits per heavy atom. The quantitative estimate of drug-likeness (QED) is 0.823. The molecule has 1 atom stereocenters. The van der Waals surface area contributed by atoms with Crippen molar-refractivity contribution >= 4 is 17.7 Å². The molecule has 2 N–H and O–H groups in total. The molecule has 1 aromatic rings. The van der Waals surface area contributed by atoms with Crippen molar-refractivity contribution in [3.8, 4) is 0 Å². The first-order chi connectivity index (χ1) is 8.62. The average Bonchev–Trinajstić information content (AvgIpc) is 2.37. The van der Waals surface area contributed by atoms with Crippen LogP contribution in [0.5, 0.6) is 0 Å². The van der Waals surface area contributed by atoms with E-state index in [9.17, 15) is 15.0 Å². The van der Waals surface area contributed by atoms with Crippen LogP contribution in [0.25, 0.3) is 0 Å². The molecule has 0 heterocycles. The van der Waals surface area contributed by atoms with E-state index in [1.807, 2.05) is 30.3 Å². The molecule has 1 unspecified atom stereocenters. The molecule has 98 valence electrons. The zero-order valence-corrected chi connectivity index (χ0v) is 11.0. The second kappa shape index (κ2) is 5.76. The molecule has 1 aromatic carbocycles. The summed E-state index contributed by atoms with van der Waals surface area (Å²) in [5.41, 5.74) is -1.06. The molecule has 3 nitrogen and oxygen atoms in total. The summed E-state index contributed by atoms with van der Waals surface area (Å²) < 4.78 is 0. The number of carboxylic acid groups (broad SMARTS) is 1. The number of carbonyl (C=O) groups is 1. The third kappa shape index (κ3) is 3.06. The highest BCUT2D eigenvalue weighted by molar-refractivity contribution is 8.00. The van der Waals surface area contributed by atoms with E-state index in [-0.39, 0.29) is 0 Å². The lowest BCUT2D eigenvalue weighted by molar-refractivity contribution is -0.142. The van der Waals surface area contributed by atoms with Gasteiger partial charge in [-0.1, -0.05) is 37.5 Å². The topological polar surface area (TPSA) is 57.5 Å². The molecule has 1 fully saturated rings. The third-order valence-electron chi connectivity index (χ3n) is 3.43. The Morgan fingerprint density at radius 2 is 1.78 bits per heavy atom. The van der Waals surface area contributed by atoms with Crippen molar-refractivity contribution < 1.29 is 15.0 Å². The molecule has 0 aliphatic heterocycles. The van der Waals surface area contributed by atoms with Gasteiger partial charge in [-0.05, 0) is 25.0 Å². The van der Waals surface area contributed by atoms with Gasteiger partial charge in [0.25, 0.3) is 0 Å². The summed E-state index contributed by atoms with van der Waals surface area (Å²) in [6, 6.07) is 9.42. The molecular formula is C14H18O3S. The highest BCUT2D eigenvalue weighted by Crippen LogP contribution is 2.39. The fraction of sp³-hybridized carbons (Fsp3) is 0.500. The van der Waals surface area contributed by atoms with Gasteiger partial charge in [0.05, 0.1) is 5.60 Å². The maximum atomic E-state index is 11.4. The predicted molar refractivity (Wildman–Crippen MR) is 71.8 cm³/mol. The van der Waals surface area contributed by atoms with E-state index in [0.717, 1.165) is 24.2 Å². The van der Waals surface area contributed by atoms with Gasteiger partial charge in [-0.25, -0.2) is 0 Å². The second-order valence-corrected chi connectivity index (χ2v) is 5.99. The second-order valence-electron chi connectivity index (χ2n) is 4.81. The number of aliphatic carboxylic acids is 1. The minimum atomic E-state index is -1.06. The highest BCUT2D eigenvalue weighted by Gasteiger charge is 2.42. The molecule has 0 radical (unpaired) electrons. The Morgan fingerprint density at radius 1 is 1.17 bits per heavy atom. The summed E-state index contributed by atoms with van der Waals surface area (Å²) in [6.07, 6.45) is 4.09. The molecule has 0 spiro atoms. The Bertz CT molecular complexity index is 399. The molecular weight excluding hydrogens is 248 g/mol. The first-order valence-corrected chi connectivity index (χ1v) is 7.17. The highest BCUT2D eigenvalue weighted by atomic mass is 32.2. The predicted octanol–water partition coefficient (Wildman–Crippen LogP) is 2.93. The normalized spacial score (nSPS) is 20.3. The van der Waals surface area contributed by atoms with Crippen LogP contribution in [-0.2, 0) is 4.79 Å². The van der Waals surface area contributed by atoms with Crippen molar-refractivity contribution in [3.63, 3.8) is 0 Å². The van der Waals surface area contributed by atoms with Gasteiger partial charge in [-0.15, -0.1) is 11.8 Å². The summed E-state index contributed by atoms with van der Waals surface area (Å²) in [4.78, 5) is 12.3. The van der Waals surface area contributed by atoms with Crippen LogP contribution >= 0.6 is 11.8 Å². The molecule has 2 rings (SSSR count). The van der Waals surface area contributed by atoms with E-state index in [1.165, 1.54) is 11.8 Å². The molecule has 1 saturated carbocycles. The number of aliphatic hydroxyl groups is 1. The SMILES string of the molecule is O=C(O)C(Sc1ccccc1)C1(O)CCCCC1. The van der Waals surface area contributed by atoms with Crippen molar-refractivity contribution in [3.05, 3.63) is 30.3 Å². The van der Waals surface area contributed by atoms with Crippen LogP contribution in [0.3, 0.4) is 0 Å². The Hall–Kier alpha value is -1.00. The minimum Gasteiger partial charge on any atom is -0.480 e. The van der Waals surface area contributed by atoms with Crippen molar-refractivity contribution in [1.82, 2.24) is 0 Å². The number of hydrogen-bond donors (Lipinski definition) is 2. The molecule has 1 aliphatic carbocycles. The molecule has 0 amide bonds. The molecule has 18 heavy (non-hydrogen) atoms. The van der Waals surface area contributed by atoms with Crippen molar-refractivity contribution in [1.29, 1.82) is 0 Å². The fourth-order valence-electron chi connectivity index (χ4n) is 2.45. The van der Waals surface area contributed by atoms with Crippen LogP contribution in [-0.4, -0.2) is 27.0 Å². The van der Waals surface area contributed by atoms with Crippen LogP contribution in [0, 0.1) is 0 Å². The first-order valence-electron chi connectivity index (χ1n) is 6.29. The number of rotatable bonds is 4. The lowest BCUT2D eigenvalue weighted by Crippen LogP contribution is -2.46. The Kier molecular flexibility index (Phi) is 4.30. The van der Waals surface area contributed by atoms with E-state index >= 15 is 0 Å². The monoisotopic (exact) mass is 266 g/mol. The van der Waals surface area contributed by atoms with Gasteiger partial charge in [0, 0.05) is 4.90 Å². The number of benzene rings is 1. The van der Waals surface area contributed by atoms with Crippen LogP contribution in [0.4, 0.5) is 0 Å². The molecule has 4 heteroatoms. The smallest absolute Gasteiger partial charge is 0.319 e. The largest absolute Gasteiger partial charge is 0.480 e. The Balaban J connectivity index is 2.15. The number of carboxylic acids is 1. The molecule has 0 aromatic heterocycles. The minimum absolute atomic E-state index is 0.587. The van der Waals surface area contributed by atoms with Gasteiger partial charge in [-0.3, -0.25) is 4.79 Å². The number of thioether (sulfide) groups is 1. The standard InChI is InChI=1S/C14H18O3S/c15-13(16)12(14(17)9-5-2-6-10-14)18-11-7-3-1-4-8-11/h1,3-4,7-8,12,17H,2,5-6,9-10H2,(H,15,16). The van der Waals surface area contributed by atoms with Gasteiger partial charge < -0.3 is 10.2 Å². The first kappa shape index (κ1) is 13.4. The molecule has 1 aliphatic rings. The van der Waals surface area contributed by atoms with E-state index in [1.54, 1.807) is 0 Å². The summed E-state index contributed by atoms with van der Waals surface area (Å²) >= 11 is 1.25. The van der Waals surface area contributed by atoms with Crippen LogP contribution in [0.2, 0.25) is 0 Å². The maximum Gasteiger partial charge on any atom is 0.319 e. The van der Waals surface area contributed by atoms with E-state index in [2.05, 4.69) is 0 Å². The van der Waals surface area contributed by atoms with Crippen molar-refractivity contribution in [2.24, 2.45) is 0 Å². The van der Waals surface area contributed by atoms with Gasteiger partial charge in [0.2, 0.25) is 0 Å². The summed E-state index contributed by atoms with van der Waals surface area (Å²) in [6.45, 7) is 0. The number of hydrogen-bond acceptors (Lipinski definition) is 3. The summed E-state index contributed by atoms with van der Waals surface area (Å²) in [5, 5.41) is 19.2. The van der Waals surface area contributed by atoms with Gasteiger partial charge >= 0.3 is 5.97 Å². The van der Waals surface area contributed by atoms with E-state index in [0.29, 0.717) is 12.8 Å². The zero-order chi connectivity index (χ0) is 13.0. The van der Waals surface area contributed by atoms with E-state index < -0.39 is 16.8 Å².